The summed E-state index contributed by atoms with van der Waals surface area (Å²) in [5.41, 5.74) is 5.90. The molecule has 0 aliphatic carbocycles. The van der Waals surface area contributed by atoms with Crippen LogP contribution in [0.5, 0.6) is 11.5 Å². The van der Waals surface area contributed by atoms with Gasteiger partial charge in [-0.25, -0.2) is 4.99 Å². The van der Waals surface area contributed by atoms with E-state index in [2.05, 4.69) is 60.7 Å². The maximum Gasteiger partial charge on any atom is 0.271 e. The first kappa shape index (κ1) is 31.2. The first-order valence-corrected chi connectivity index (χ1v) is 16.5. The van der Waals surface area contributed by atoms with Gasteiger partial charge < -0.3 is 9.47 Å². The number of carbonyl (C=O) groups excluding carboxylic acids is 1. The highest BCUT2D eigenvalue weighted by atomic mass is 127. The summed E-state index contributed by atoms with van der Waals surface area (Å²) in [7, 11) is 0. The Morgan fingerprint density at radius 1 is 0.860 bits per heavy atom. The summed E-state index contributed by atoms with van der Waals surface area (Å²) in [5, 5.41) is 1.30. The summed E-state index contributed by atoms with van der Waals surface area (Å²) in [6, 6.07) is 27.7. The molecule has 0 bridgehead atoms. The van der Waals surface area contributed by atoms with Crippen LogP contribution in [0.1, 0.15) is 43.0 Å². The first-order chi connectivity index (χ1) is 20.9. The van der Waals surface area contributed by atoms with Crippen LogP contribution in [0.2, 0.25) is 5.02 Å². The van der Waals surface area contributed by atoms with Gasteiger partial charge in [-0.15, -0.1) is 0 Å². The highest BCUT2D eigenvalue weighted by Crippen LogP contribution is 2.40. The molecule has 0 atom stereocenters. The Morgan fingerprint density at radius 3 is 2.12 bits per heavy atom. The molecule has 4 aromatic carbocycles. The van der Waals surface area contributed by atoms with Gasteiger partial charge in [-0.3, -0.25) is 9.69 Å². The molecule has 5 rings (SSSR count). The maximum atomic E-state index is 13.9. The van der Waals surface area contributed by atoms with Crippen LogP contribution in [0.3, 0.4) is 0 Å². The van der Waals surface area contributed by atoms with E-state index in [-0.39, 0.29) is 5.91 Å². The second kappa shape index (κ2) is 14.5. The summed E-state index contributed by atoms with van der Waals surface area (Å²) in [6.45, 7) is 7.05. The summed E-state index contributed by atoms with van der Waals surface area (Å²) < 4.78 is 13.1. The Labute approximate surface area is 276 Å². The van der Waals surface area contributed by atoms with Gasteiger partial charge in [0.15, 0.2) is 16.7 Å². The average Bonchev–Trinajstić information content (AvgIpc) is 3.31. The van der Waals surface area contributed by atoms with Crippen LogP contribution < -0.4 is 14.4 Å². The molecule has 43 heavy (non-hydrogen) atoms. The molecule has 5 nitrogen and oxygen atoms in total. The predicted octanol–water partition coefficient (Wildman–Crippen LogP) is 9.86. The van der Waals surface area contributed by atoms with Crippen molar-refractivity contribution in [2.24, 2.45) is 4.99 Å². The van der Waals surface area contributed by atoms with Crippen LogP contribution in [0.25, 0.3) is 6.08 Å². The number of anilines is 1. The SMILES string of the molecule is CCOc1cc(/C=C2\SC(=Nc3ccc(CC)cc3)N(c3ccc(CC)cc3)C2=O)cc(I)c1OCc1ccc(Cl)cc1. The quantitative estimate of drug-likeness (QED) is 0.121. The molecule has 0 unspecified atom stereocenters. The van der Waals surface area contributed by atoms with Gasteiger partial charge in [-0.05, 0) is 131 Å². The Hall–Kier alpha value is -3.27. The lowest BCUT2D eigenvalue weighted by molar-refractivity contribution is -0.113. The van der Waals surface area contributed by atoms with E-state index in [1.165, 1.54) is 22.9 Å². The van der Waals surface area contributed by atoms with Crippen molar-refractivity contribution < 1.29 is 14.3 Å². The molecule has 0 radical (unpaired) electrons. The number of aryl methyl sites for hydroxylation is 2. The molecular formula is C35H32ClIN2O3S. The molecule has 0 spiro atoms. The van der Waals surface area contributed by atoms with Crippen molar-refractivity contribution >= 4 is 74.5 Å². The molecule has 0 saturated carbocycles. The fraction of sp³-hybridized carbons (Fsp3) is 0.200. The van der Waals surface area contributed by atoms with Crippen molar-refractivity contribution in [2.75, 3.05) is 11.5 Å². The molecule has 4 aromatic rings. The van der Waals surface area contributed by atoms with Crippen LogP contribution in [0.15, 0.2) is 94.8 Å². The fourth-order valence-electron chi connectivity index (χ4n) is 4.54. The number of nitrogens with zero attached hydrogens (tertiary/aromatic N) is 2. The van der Waals surface area contributed by atoms with Gasteiger partial charge in [0.2, 0.25) is 0 Å². The zero-order valence-corrected chi connectivity index (χ0v) is 28.0. The summed E-state index contributed by atoms with van der Waals surface area (Å²) in [4.78, 5) is 21.1. The van der Waals surface area contributed by atoms with E-state index in [9.17, 15) is 4.79 Å². The molecule has 0 N–H and O–H groups in total. The number of amidine groups is 1. The van der Waals surface area contributed by atoms with Crippen molar-refractivity contribution in [3.8, 4) is 11.5 Å². The van der Waals surface area contributed by atoms with Gasteiger partial charge in [0, 0.05) is 5.02 Å². The number of carbonyl (C=O) groups is 1. The lowest BCUT2D eigenvalue weighted by atomic mass is 10.1. The van der Waals surface area contributed by atoms with Crippen LogP contribution in [0, 0.1) is 3.57 Å². The number of thioether (sulfide) groups is 1. The van der Waals surface area contributed by atoms with Crippen LogP contribution in [-0.2, 0) is 24.2 Å². The third-order valence-electron chi connectivity index (χ3n) is 6.90. The third-order valence-corrected chi connectivity index (χ3v) is 8.93. The lowest BCUT2D eigenvalue weighted by Gasteiger charge is -2.16. The normalized spacial score (nSPS) is 15.0. The van der Waals surface area contributed by atoms with E-state index in [4.69, 9.17) is 26.1 Å². The van der Waals surface area contributed by atoms with Crippen molar-refractivity contribution in [1.29, 1.82) is 0 Å². The van der Waals surface area contributed by atoms with Crippen LogP contribution >= 0.6 is 46.0 Å². The average molecular weight is 723 g/mol. The van der Waals surface area contributed by atoms with Crippen LogP contribution in [-0.4, -0.2) is 17.7 Å². The van der Waals surface area contributed by atoms with Gasteiger partial charge in [-0.2, -0.15) is 0 Å². The van der Waals surface area contributed by atoms with E-state index < -0.39 is 0 Å². The number of benzene rings is 4. The summed E-state index contributed by atoms with van der Waals surface area (Å²) in [6.07, 6.45) is 3.79. The number of rotatable bonds is 10. The van der Waals surface area contributed by atoms with E-state index in [1.54, 1.807) is 4.90 Å². The topological polar surface area (TPSA) is 51.1 Å². The summed E-state index contributed by atoms with van der Waals surface area (Å²) in [5.74, 6) is 1.18. The van der Waals surface area contributed by atoms with Crippen molar-refractivity contribution in [1.82, 2.24) is 0 Å². The second-order valence-corrected chi connectivity index (χ2v) is 12.5. The second-order valence-electron chi connectivity index (χ2n) is 9.86. The molecule has 1 aliphatic heterocycles. The molecule has 8 heteroatoms. The minimum atomic E-state index is -0.116. The standard InChI is InChI=1S/C35H32ClIN2O3S/c1-4-23-9-15-28(16-10-23)38-35-39(29-17-11-24(5-2)12-18-29)34(40)32(43-35)21-26-19-30(37)33(31(20-26)41-6-3)42-22-25-7-13-27(36)14-8-25/h7-21H,4-6,22H2,1-3H3/b32-21-,38-35?. The minimum absolute atomic E-state index is 0.116. The zero-order chi connectivity index (χ0) is 30.3. The molecule has 1 fully saturated rings. The number of aliphatic imine (C=N–C) groups is 1. The molecule has 1 amide bonds. The molecule has 220 valence electrons. The number of hydrogen-bond acceptors (Lipinski definition) is 5. The van der Waals surface area contributed by atoms with Gasteiger partial charge in [0.1, 0.15) is 6.61 Å². The van der Waals surface area contributed by atoms with Crippen molar-refractivity contribution in [3.63, 3.8) is 0 Å². The Bertz CT molecular complexity index is 1650. The smallest absolute Gasteiger partial charge is 0.271 e. The third kappa shape index (κ3) is 7.63. The molecule has 1 heterocycles. The molecule has 0 aromatic heterocycles. The number of hydrogen-bond donors (Lipinski definition) is 0. The minimum Gasteiger partial charge on any atom is -0.490 e. The highest BCUT2D eigenvalue weighted by molar-refractivity contribution is 14.1. The van der Waals surface area contributed by atoms with Gasteiger partial charge >= 0.3 is 0 Å². The monoisotopic (exact) mass is 722 g/mol. The molecule has 1 saturated heterocycles. The lowest BCUT2D eigenvalue weighted by Crippen LogP contribution is -2.28. The molecule has 1 aliphatic rings. The van der Waals surface area contributed by atoms with E-state index in [0.717, 1.165) is 38.9 Å². The number of amides is 1. The Kier molecular flexibility index (Phi) is 10.5. The van der Waals surface area contributed by atoms with Gasteiger partial charge in [-0.1, -0.05) is 61.8 Å². The van der Waals surface area contributed by atoms with Gasteiger partial charge in [0.05, 0.1) is 26.5 Å². The molecular weight excluding hydrogens is 691 g/mol. The van der Waals surface area contributed by atoms with Crippen molar-refractivity contribution in [3.05, 3.63) is 121 Å². The highest BCUT2D eigenvalue weighted by Gasteiger charge is 2.35. The Balaban J connectivity index is 1.48. The number of halogens is 2. The van der Waals surface area contributed by atoms with Crippen molar-refractivity contribution in [2.45, 2.75) is 40.2 Å². The number of ether oxygens (including phenoxy) is 2. The largest absolute Gasteiger partial charge is 0.490 e. The predicted molar refractivity (Wildman–Crippen MR) is 188 cm³/mol. The van der Waals surface area contributed by atoms with E-state index in [0.29, 0.717) is 39.8 Å². The van der Waals surface area contributed by atoms with Gasteiger partial charge in [0.25, 0.3) is 5.91 Å². The van der Waals surface area contributed by atoms with E-state index in [1.807, 2.05) is 73.7 Å². The first-order valence-electron chi connectivity index (χ1n) is 14.2. The van der Waals surface area contributed by atoms with Crippen LogP contribution in [0.4, 0.5) is 11.4 Å². The fourth-order valence-corrected chi connectivity index (χ4v) is 6.44. The maximum absolute atomic E-state index is 13.9. The summed E-state index contributed by atoms with van der Waals surface area (Å²) >= 11 is 9.66. The van der Waals surface area contributed by atoms with E-state index >= 15 is 0 Å². The zero-order valence-electron chi connectivity index (χ0n) is 24.3. The Morgan fingerprint density at radius 2 is 1.49 bits per heavy atom.